The maximum atomic E-state index is 13.9. The van der Waals surface area contributed by atoms with Crippen molar-refractivity contribution in [2.45, 2.75) is 71.0 Å². The number of amides is 2. The van der Waals surface area contributed by atoms with Crippen LogP contribution in [0.5, 0.6) is 0 Å². The lowest BCUT2D eigenvalue weighted by Crippen LogP contribution is -2.54. The van der Waals surface area contributed by atoms with Gasteiger partial charge in [0.15, 0.2) is 0 Å². The number of anilines is 1. The van der Waals surface area contributed by atoms with Crippen LogP contribution in [0.2, 0.25) is 15.1 Å². The lowest BCUT2D eigenvalue weighted by molar-refractivity contribution is -0.140. The first kappa shape index (κ1) is 30.5. The summed E-state index contributed by atoms with van der Waals surface area (Å²) in [6.07, 6.45) is 6.43. The van der Waals surface area contributed by atoms with E-state index in [1.807, 2.05) is 6.92 Å². The fraction of sp³-hybridized carbons (Fsp3) is 0.481. The van der Waals surface area contributed by atoms with Gasteiger partial charge in [-0.25, -0.2) is 8.42 Å². The lowest BCUT2D eigenvalue weighted by atomic mass is 9.95. The van der Waals surface area contributed by atoms with Gasteiger partial charge in [0.2, 0.25) is 21.8 Å². The first-order chi connectivity index (χ1) is 17.9. The number of halogens is 3. The summed E-state index contributed by atoms with van der Waals surface area (Å²) >= 11 is 18.6. The van der Waals surface area contributed by atoms with E-state index in [0.29, 0.717) is 38.3 Å². The van der Waals surface area contributed by atoms with Crippen LogP contribution < -0.4 is 9.62 Å². The van der Waals surface area contributed by atoms with Crippen molar-refractivity contribution in [2.24, 2.45) is 0 Å². The molecule has 1 aliphatic rings. The second-order valence-corrected chi connectivity index (χ2v) is 12.9. The largest absolute Gasteiger partial charge is 0.352 e. The van der Waals surface area contributed by atoms with Crippen LogP contribution in [0.1, 0.15) is 56.6 Å². The molecule has 2 aromatic rings. The smallest absolute Gasteiger partial charge is 0.244 e. The molecule has 1 saturated carbocycles. The number of carbonyl (C=O) groups excluding carboxylic acids is 2. The Hall–Kier alpha value is -2.00. The number of sulfonamides is 1. The lowest BCUT2D eigenvalue weighted by Gasteiger charge is -2.34. The van der Waals surface area contributed by atoms with Gasteiger partial charge in [0.25, 0.3) is 0 Å². The van der Waals surface area contributed by atoms with Crippen molar-refractivity contribution >= 4 is 62.3 Å². The summed E-state index contributed by atoms with van der Waals surface area (Å²) in [5.41, 5.74) is 1.54. The third kappa shape index (κ3) is 8.01. The quantitative estimate of drug-likeness (QED) is 0.363. The Morgan fingerprint density at radius 1 is 1.03 bits per heavy atom. The summed E-state index contributed by atoms with van der Waals surface area (Å²) in [5, 5.41) is 4.36. The molecule has 0 unspecified atom stereocenters. The van der Waals surface area contributed by atoms with Crippen LogP contribution >= 0.6 is 34.8 Å². The molecule has 208 valence electrons. The van der Waals surface area contributed by atoms with Gasteiger partial charge in [-0.2, -0.15) is 0 Å². The van der Waals surface area contributed by atoms with Crippen LogP contribution in [0.25, 0.3) is 0 Å². The Labute approximate surface area is 240 Å². The van der Waals surface area contributed by atoms with Gasteiger partial charge in [0, 0.05) is 27.7 Å². The fourth-order valence-electron chi connectivity index (χ4n) is 4.79. The molecule has 1 atom stereocenters. The molecular weight excluding hydrogens is 569 g/mol. The minimum absolute atomic E-state index is 0.0165. The molecule has 0 heterocycles. The SMILES string of the molecule is CC[C@H](C(=O)NC1CCCCC1)N(Cc1ccc(Cl)cc1Cl)C(=O)CN(c1ccc(Cl)cc1C)S(C)(=O)=O. The minimum atomic E-state index is -3.85. The van der Waals surface area contributed by atoms with Crippen molar-refractivity contribution in [1.82, 2.24) is 10.2 Å². The Morgan fingerprint density at radius 2 is 1.66 bits per heavy atom. The van der Waals surface area contributed by atoms with Crippen LogP contribution in [0.4, 0.5) is 5.69 Å². The van der Waals surface area contributed by atoms with Crippen molar-refractivity contribution < 1.29 is 18.0 Å². The fourth-order valence-corrected chi connectivity index (χ4v) is 6.39. The van der Waals surface area contributed by atoms with Crippen molar-refractivity contribution in [3.8, 4) is 0 Å². The molecule has 0 aliphatic heterocycles. The normalized spacial score (nSPS) is 15.1. The monoisotopic (exact) mass is 601 g/mol. The molecule has 1 fully saturated rings. The maximum absolute atomic E-state index is 13.9. The summed E-state index contributed by atoms with van der Waals surface area (Å²) in [5.74, 6) is -0.784. The Balaban J connectivity index is 1.96. The molecule has 0 spiro atoms. The number of hydrogen-bond donors (Lipinski definition) is 1. The second kappa shape index (κ2) is 13.4. The Bertz CT molecular complexity index is 1270. The number of carbonyl (C=O) groups is 2. The topological polar surface area (TPSA) is 86.8 Å². The van der Waals surface area contributed by atoms with E-state index in [0.717, 1.165) is 42.7 Å². The first-order valence-corrected chi connectivity index (χ1v) is 15.7. The van der Waals surface area contributed by atoms with Crippen molar-refractivity contribution in [2.75, 3.05) is 17.1 Å². The van der Waals surface area contributed by atoms with Crippen LogP contribution in [-0.4, -0.2) is 50.0 Å². The first-order valence-electron chi connectivity index (χ1n) is 12.7. The molecule has 2 aromatic carbocycles. The summed E-state index contributed by atoms with van der Waals surface area (Å²) < 4.78 is 26.7. The molecule has 0 radical (unpaired) electrons. The molecule has 0 saturated heterocycles. The Morgan fingerprint density at radius 3 is 2.24 bits per heavy atom. The van der Waals surface area contributed by atoms with E-state index in [-0.39, 0.29) is 18.5 Å². The highest BCUT2D eigenvalue weighted by molar-refractivity contribution is 7.92. The molecule has 2 amide bonds. The summed E-state index contributed by atoms with van der Waals surface area (Å²) in [6, 6.07) is 8.96. The number of rotatable bonds is 10. The highest BCUT2D eigenvalue weighted by Crippen LogP contribution is 2.28. The van der Waals surface area contributed by atoms with Gasteiger partial charge in [-0.05, 0) is 67.6 Å². The standard InChI is InChI=1S/C27H34Cl3N3O4S/c1-4-24(27(35)31-22-8-6-5-7-9-22)32(16-19-10-11-21(29)15-23(19)30)26(34)17-33(38(3,36)37)25-13-12-20(28)14-18(25)2/h10-15,22,24H,4-9,16-17H2,1-3H3,(H,31,35)/t24-/m1/s1. The van der Waals surface area contributed by atoms with Gasteiger partial charge >= 0.3 is 0 Å². The number of nitrogens with zero attached hydrogens (tertiary/aromatic N) is 2. The highest BCUT2D eigenvalue weighted by atomic mass is 35.5. The average Bonchev–Trinajstić information content (AvgIpc) is 2.84. The third-order valence-electron chi connectivity index (χ3n) is 6.80. The van der Waals surface area contributed by atoms with E-state index < -0.39 is 28.5 Å². The summed E-state index contributed by atoms with van der Waals surface area (Å²) in [7, 11) is -3.85. The summed E-state index contributed by atoms with van der Waals surface area (Å²) in [4.78, 5) is 28.7. The number of nitrogens with one attached hydrogen (secondary N) is 1. The van der Waals surface area contributed by atoms with Gasteiger partial charge in [0.1, 0.15) is 12.6 Å². The van der Waals surface area contributed by atoms with Gasteiger partial charge < -0.3 is 10.2 Å². The predicted molar refractivity (Wildman–Crippen MR) is 154 cm³/mol. The number of benzene rings is 2. The van der Waals surface area contributed by atoms with Crippen LogP contribution in [0.3, 0.4) is 0 Å². The molecular formula is C27H34Cl3N3O4S. The van der Waals surface area contributed by atoms with E-state index >= 15 is 0 Å². The zero-order valence-electron chi connectivity index (χ0n) is 21.8. The zero-order valence-corrected chi connectivity index (χ0v) is 24.9. The van der Waals surface area contributed by atoms with Crippen LogP contribution in [0.15, 0.2) is 36.4 Å². The summed E-state index contributed by atoms with van der Waals surface area (Å²) in [6.45, 7) is 3.08. The van der Waals surface area contributed by atoms with E-state index in [1.54, 1.807) is 43.3 Å². The second-order valence-electron chi connectivity index (χ2n) is 9.73. The van der Waals surface area contributed by atoms with Gasteiger partial charge in [-0.1, -0.05) is 67.1 Å². The van der Waals surface area contributed by atoms with Crippen LogP contribution in [0, 0.1) is 6.92 Å². The van der Waals surface area contributed by atoms with Gasteiger partial charge in [0.05, 0.1) is 11.9 Å². The molecule has 1 aliphatic carbocycles. The van der Waals surface area contributed by atoms with Crippen molar-refractivity contribution in [3.05, 3.63) is 62.6 Å². The van der Waals surface area contributed by atoms with Crippen molar-refractivity contribution in [3.63, 3.8) is 0 Å². The Kier molecular flexibility index (Phi) is 10.7. The van der Waals surface area contributed by atoms with Gasteiger partial charge in [-0.15, -0.1) is 0 Å². The maximum Gasteiger partial charge on any atom is 0.244 e. The van der Waals surface area contributed by atoms with Gasteiger partial charge in [-0.3, -0.25) is 13.9 Å². The van der Waals surface area contributed by atoms with E-state index in [4.69, 9.17) is 34.8 Å². The molecule has 1 N–H and O–H groups in total. The number of hydrogen-bond acceptors (Lipinski definition) is 4. The van der Waals surface area contributed by atoms with Crippen molar-refractivity contribution in [1.29, 1.82) is 0 Å². The molecule has 0 aromatic heterocycles. The molecule has 11 heteroatoms. The molecule has 0 bridgehead atoms. The average molecular weight is 603 g/mol. The predicted octanol–water partition coefficient (Wildman–Crippen LogP) is 5.98. The molecule has 38 heavy (non-hydrogen) atoms. The van der Waals surface area contributed by atoms with E-state index in [9.17, 15) is 18.0 Å². The third-order valence-corrected chi connectivity index (χ3v) is 8.75. The zero-order chi connectivity index (χ0) is 28.0. The highest BCUT2D eigenvalue weighted by Gasteiger charge is 2.33. The minimum Gasteiger partial charge on any atom is -0.352 e. The molecule has 3 rings (SSSR count). The van der Waals surface area contributed by atoms with E-state index in [1.165, 1.54) is 4.90 Å². The van der Waals surface area contributed by atoms with Crippen LogP contribution in [-0.2, 0) is 26.2 Å². The van der Waals surface area contributed by atoms with E-state index in [2.05, 4.69) is 5.32 Å². The number of aryl methyl sites for hydroxylation is 1. The molecule has 7 nitrogen and oxygen atoms in total.